The predicted molar refractivity (Wildman–Crippen MR) is 124 cm³/mol. The number of nitrogens with zero attached hydrogens (tertiary/aromatic N) is 4. The molecule has 0 saturated heterocycles. The predicted octanol–water partition coefficient (Wildman–Crippen LogP) is 4.27. The molecule has 0 unspecified atom stereocenters. The molecule has 0 aliphatic heterocycles. The van der Waals surface area contributed by atoms with Gasteiger partial charge in [0.2, 0.25) is 0 Å². The topological polar surface area (TPSA) is 102 Å². The van der Waals surface area contributed by atoms with Gasteiger partial charge in [-0.25, -0.2) is 4.98 Å². The number of H-pyrrole nitrogens is 1. The van der Waals surface area contributed by atoms with Crippen LogP contribution in [0.25, 0.3) is 22.6 Å². The normalized spacial score (nSPS) is 11.4. The molecule has 0 amide bonds. The fraction of sp³-hybridized carbons (Fsp3) is 0.136. The number of hydrogen-bond acceptors (Lipinski definition) is 6. The Morgan fingerprint density at radius 2 is 2.09 bits per heavy atom. The summed E-state index contributed by atoms with van der Waals surface area (Å²) in [6.45, 7) is 3.08. The molecule has 0 saturated carbocycles. The molecule has 32 heavy (non-hydrogen) atoms. The minimum atomic E-state index is 0.457. The first-order valence-corrected chi connectivity index (χ1v) is 11.9. The van der Waals surface area contributed by atoms with Gasteiger partial charge in [0.05, 0.1) is 10.6 Å². The molecule has 162 valence electrons. The van der Waals surface area contributed by atoms with Crippen LogP contribution >= 0.6 is 23.2 Å². The quantitative estimate of drug-likeness (QED) is 0.107. The number of anilines is 1. The summed E-state index contributed by atoms with van der Waals surface area (Å²) in [7, 11) is 0. The minimum absolute atomic E-state index is 0.457. The molecule has 0 bridgehead atoms. The zero-order chi connectivity index (χ0) is 22.9. The van der Waals surface area contributed by atoms with Crippen molar-refractivity contribution in [2.45, 2.75) is 6.92 Å². The van der Waals surface area contributed by atoms with Crippen molar-refractivity contribution in [3.8, 4) is 28.7 Å². The zero-order valence-corrected chi connectivity index (χ0v) is 21.4. The number of aryl methyl sites for hydroxylation is 1. The summed E-state index contributed by atoms with van der Waals surface area (Å²) < 4.78 is 1.81. The number of nitriles is 1. The van der Waals surface area contributed by atoms with Crippen LogP contribution in [0.5, 0.6) is 0 Å². The van der Waals surface area contributed by atoms with E-state index in [4.69, 9.17) is 28.5 Å². The first-order valence-electron chi connectivity index (χ1n) is 9.47. The van der Waals surface area contributed by atoms with Crippen LogP contribution < -0.4 is 10.6 Å². The molecular weight excluding hydrogens is 617 g/mol. The van der Waals surface area contributed by atoms with Crippen molar-refractivity contribution in [1.29, 1.82) is 5.26 Å². The average molecular weight is 635 g/mol. The molecule has 7 nitrogen and oxygen atoms in total. The molecule has 3 N–H and O–H groups in total. The second kappa shape index (κ2) is 11.7. The molecule has 1 aromatic carbocycles. The number of nitrogens with one attached hydrogen (secondary N) is 3. The molecule has 10 heteroatoms. The number of halogens is 2. The molecule has 3 aromatic rings. The van der Waals surface area contributed by atoms with Gasteiger partial charge in [-0.2, -0.15) is 0 Å². The van der Waals surface area contributed by atoms with Crippen molar-refractivity contribution in [3.63, 3.8) is 0 Å². The third-order valence-corrected chi connectivity index (χ3v) is 5.63. The first kappa shape index (κ1) is 23.9. The van der Waals surface area contributed by atoms with Crippen LogP contribution in [0, 0.1) is 24.5 Å². The van der Waals surface area contributed by atoms with E-state index in [9.17, 15) is 0 Å². The van der Waals surface area contributed by atoms with Gasteiger partial charge in [-0.1, -0.05) is 23.2 Å². The summed E-state index contributed by atoms with van der Waals surface area (Å²) >= 11 is 13.8. The number of aromatic amines is 1. The van der Waals surface area contributed by atoms with Crippen LogP contribution in [0.1, 0.15) is 5.69 Å². The van der Waals surface area contributed by atoms with Crippen LogP contribution in [0.15, 0.2) is 48.3 Å². The van der Waals surface area contributed by atoms with Gasteiger partial charge in [0.25, 0.3) is 0 Å². The molecule has 0 aliphatic carbocycles. The van der Waals surface area contributed by atoms with Crippen LogP contribution in [-0.4, -0.2) is 37.4 Å². The van der Waals surface area contributed by atoms with E-state index in [1.807, 2.05) is 17.4 Å². The Hall–Kier alpha value is -2.78. The summed E-state index contributed by atoms with van der Waals surface area (Å²) in [5.74, 6) is 1.12. The van der Waals surface area contributed by atoms with Gasteiger partial charge in [0.1, 0.15) is 5.82 Å². The van der Waals surface area contributed by atoms with Crippen LogP contribution in [-0.2, 0) is 19.4 Å². The average Bonchev–Trinajstić information content (AvgIpc) is 3.22. The van der Waals surface area contributed by atoms with Crippen LogP contribution in [0.2, 0.25) is 10.0 Å². The standard InChI is InChI=1S/C22H18Cl2N7.W/c1-14(11-25)4-3-7-26-8-9-27-22-29-13-18(21-28-12-15(2)30-21)20(31-22)17-6-5-16(23)10-19(17)24;/h1,3-6,10,12-13,26H,8-9H2,2H3,(H,28,30)(H,27,29,31);/q-1;. The van der Waals surface area contributed by atoms with Gasteiger partial charge in [0.15, 0.2) is 0 Å². The molecule has 0 fully saturated rings. The Labute approximate surface area is 207 Å². The fourth-order valence-corrected chi connectivity index (χ4v) is 3.65. The van der Waals surface area contributed by atoms with Crippen molar-refractivity contribution in [3.05, 3.63) is 70.3 Å². The Kier molecular flexibility index (Phi) is 8.75. The van der Waals surface area contributed by atoms with Crippen molar-refractivity contribution in [1.82, 2.24) is 25.3 Å². The van der Waals surface area contributed by atoms with E-state index in [1.165, 1.54) is 19.4 Å². The monoisotopic (exact) mass is 634 g/mol. The number of aromatic nitrogens is 4. The van der Waals surface area contributed by atoms with E-state index in [-0.39, 0.29) is 0 Å². The Morgan fingerprint density at radius 1 is 1.25 bits per heavy atom. The minimum Gasteiger partial charge on any atom is -0.342 e. The molecule has 0 aliphatic rings. The van der Waals surface area contributed by atoms with E-state index >= 15 is 0 Å². The van der Waals surface area contributed by atoms with Gasteiger partial charge in [-0.15, -0.1) is 0 Å². The molecule has 0 radical (unpaired) electrons. The maximum absolute atomic E-state index is 8.87. The van der Waals surface area contributed by atoms with E-state index in [1.54, 1.807) is 36.7 Å². The smallest absolute Gasteiger partial charge is 0.342 e. The van der Waals surface area contributed by atoms with Crippen molar-refractivity contribution < 1.29 is 19.4 Å². The SMILES string of the molecule is Cc1cnc(-c2cnc(NCCN[C-]=CC=C(C#N)[CH]=[W])nc2-c2ccc(Cl)cc2Cl)[nH]1. The van der Waals surface area contributed by atoms with Crippen molar-refractivity contribution >= 4 is 33.6 Å². The zero-order valence-electron chi connectivity index (χ0n) is 17.0. The molecule has 3 rings (SSSR count). The second-order valence-corrected chi connectivity index (χ2v) is 8.20. The van der Waals surface area contributed by atoms with Crippen molar-refractivity contribution in [2.75, 3.05) is 18.4 Å². The first-order chi connectivity index (χ1) is 15.5. The van der Waals surface area contributed by atoms with Gasteiger partial charge < -0.3 is 4.98 Å². The molecule has 0 atom stereocenters. The summed E-state index contributed by atoms with van der Waals surface area (Å²) in [6, 6.07) is 7.37. The number of rotatable bonds is 9. The van der Waals surface area contributed by atoms with Gasteiger partial charge in [-0.3, -0.25) is 0 Å². The van der Waals surface area contributed by atoms with Crippen LogP contribution in [0.4, 0.5) is 5.95 Å². The number of imidazole rings is 1. The van der Waals surface area contributed by atoms with Gasteiger partial charge in [-0.05, 0) is 25.1 Å². The third kappa shape index (κ3) is 6.36. The third-order valence-electron chi connectivity index (χ3n) is 4.17. The van der Waals surface area contributed by atoms with Gasteiger partial charge >= 0.3 is 111 Å². The molecular formula is C22H18Cl2N7W-. The number of benzene rings is 1. The van der Waals surface area contributed by atoms with E-state index in [0.29, 0.717) is 46.2 Å². The maximum atomic E-state index is 8.87. The van der Waals surface area contributed by atoms with Crippen LogP contribution in [0.3, 0.4) is 0 Å². The van der Waals surface area contributed by atoms with E-state index in [2.05, 4.69) is 42.8 Å². The molecule has 2 aromatic heterocycles. The Balaban J connectivity index is 1.76. The molecule has 2 heterocycles. The molecule has 0 spiro atoms. The van der Waals surface area contributed by atoms with E-state index < -0.39 is 0 Å². The van der Waals surface area contributed by atoms with E-state index in [0.717, 1.165) is 16.8 Å². The summed E-state index contributed by atoms with van der Waals surface area (Å²) in [5.41, 5.74) is 3.65. The number of allylic oxidation sites excluding steroid dienone is 3. The van der Waals surface area contributed by atoms with Crippen molar-refractivity contribution in [2.24, 2.45) is 0 Å². The summed E-state index contributed by atoms with van der Waals surface area (Å²) in [4.78, 5) is 16.7. The van der Waals surface area contributed by atoms with Gasteiger partial charge in [0, 0.05) is 22.5 Å². The second-order valence-electron chi connectivity index (χ2n) is 6.51. The fourth-order valence-electron chi connectivity index (χ4n) is 2.68. The number of hydrogen-bond donors (Lipinski definition) is 3. The Morgan fingerprint density at radius 3 is 2.78 bits per heavy atom. The summed E-state index contributed by atoms with van der Waals surface area (Å²) in [6.07, 6.45) is 9.76. The summed E-state index contributed by atoms with van der Waals surface area (Å²) in [5, 5.41) is 16.1. The Bertz CT molecular complexity index is 1210.